The number of aromatic hydroxyl groups is 1. The van der Waals surface area contributed by atoms with Gasteiger partial charge in [0, 0.05) is 73.3 Å². The van der Waals surface area contributed by atoms with Crippen molar-refractivity contribution in [3.05, 3.63) is 126 Å². The largest absolute Gasteiger partial charge is 0.508 e. The Morgan fingerprint density at radius 1 is 0.742 bits per heavy atom. The summed E-state index contributed by atoms with van der Waals surface area (Å²) in [5, 5.41) is 46.8. The molecule has 89 heavy (non-hydrogen) atoms. The van der Waals surface area contributed by atoms with Gasteiger partial charge in [-0.25, -0.2) is 9.78 Å². The van der Waals surface area contributed by atoms with Crippen LogP contribution in [0.1, 0.15) is 70.6 Å². The van der Waals surface area contributed by atoms with Crippen molar-refractivity contribution < 1.29 is 62.9 Å². The Balaban J connectivity index is 1.40. The number of hydrogen-bond donors (Lipinski definition) is 13. The van der Waals surface area contributed by atoms with E-state index in [1.807, 2.05) is 6.07 Å². The van der Waals surface area contributed by atoms with Crippen LogP contribution in [-0.4, -0.2) is 163 Å². The maximum absolute atomic E-state index is 15.1. The van der Waals surface area contributed by atoms with Crippen LogP contribution < -0.4 is 53.6 Å². The quantitative estimate of drug-likeness (QED) is 0.0350. The standard InChI is InChI=1S/C60H76N12O13S4/c1-34(73)50-58(83)71-48(57(82)69-46(51(61)76)31-88-89-49-20-12-14-25-62-49)33-87-86-32-47(70-53(78)43(65-35(2)74)27-36-15-7-6-8-16-36)56(81)67-44(28-37-21-23-39(75)24-22-37)54(79)68-45(29-38-30-64-41-18-10-9-17-40(38)41)55(80)66-42(52(77)72-50)19-11-13-26-63-59(84)85-60(3,4)5/h6-10,12,14-18,20-25,30,34,42-48,50,64,73,75H,11,13,19,26-29,31-33H2,1-5H3,(H2,61,76)(H,63,84)(H,65,74)(H,66,80)(H,67,81)(H,68,79)(H,69,82)(H,70,78)(H,71,83)(H,72,77)/t34-,42+,43-,44+,45-,46-,47+,48+,50+/m1/s1. The van der Waals surface area contributed by atoms with E-state index in [0.29, 0.717) is 32.6 Å². The number of carbonyl (C=O) groups excluding carboxylic acids is 10. The average Bonchev–Trinajstić information content (AvgIpc) is 3.74. The van der Waals surface area contributed by atoms with Gasteiger partial charge in [0.15, 0.2) is 0 Å². The number of H-pyrrole nitrogens is 1. The fourth-order valence-electron chi connectivity index (χ4n) is 8.99. The van der Waals surface area contributed by atoms with Crippen LogP contribution in [0.3, 0.4) is 0 Å². The summed E-state index contributed by atoms with van der Waals surface area (Å²) in [6, 6.07) is 15.2. The number of fused-ring (bicyclic) bond motifs is 1. The molecule has 1 saturated heterocycles. The zero-order valence-corrected chi connectivity index (χ0v) is 53.0. The van der Waals surface area contributed by atoms with Gasteiger partial charge >= 0.3 is 6.09 Å². The van der Waals surface area contributed by atoms with Crippen LogP contribution in [0.2, 0.25) is 0 Å². The number of phenolic OH excluding ortho intramolecular Hbond substituents is 1. The zero-order valence-electron chi connectivity index (χ0n) is 49.7. The number of nitrogens with two attached hydrogens (primary N) is 1. The summed E-state index contributed by atoms with van der Waals surface area (Å²) in [6.07, 6.45) is 0.822. The van der Waals surface area contributed by atoms with E-state index >= 15 is 9.59 Å². The minimum Gasteiger partial charge on any atom is -0.508 e. The smallest absolute Gasteiger partial charge is 0.407 e. The van der Waals surface area contributed by atoms with Crippen LogP contribution >= 0.6 is 43.2 Å². The molecule has 1 aliphatic rings. The van der Waals surface area contributed by atoms with Gasteiger partial charge in [0.1, 0.15) is 64.7 Å². The number of unbranched alkanes of at least 4 members (excludes halogenated alkanes) is 1. The number of primary amides is 1. The summed E-state index contributed by atoms with van der Waals surface area (Å²) >= 11 is 0. The number of nitrogens with zero attached hydrogens (tertiary/aromatic N) is 1. The molecule has 25 nitrogen and oxygen atoms in total. The average molecular weight is 1300 g/mol. The molecule has 3 heterocycles. The molecule has 0 spiro atoms. The first-order valence-corrected chi connectivity index (χ1v) is 33.4. The molecule has 3 aromatic carbocycles. The molecule has 1 fully saturated rings. The van der Waals surface area contributed by atoms with Crippen molar-refractivity contribution in [3.63, 3.8) is 0 Å². The Labute approximate surface area is 530 Å². The maximum atomic E-state index is 15.1. The molecule has 0 radical (unpaired) electrons. The van der Waals surface area contributed by atoms with E-state index in [2.05, 4.69) is 57.8 Å². The lowest BCUT2D eigenvalue weighted by Crippen LogP contribution is -2.62. The summed E-state index contributed by atoms with van der Waals surface area (Å²) in [5.41, 5.74) is 7.40. The van der Waals surface area contributed by atoms with E-state index in [-0.39, 0.29) is 68.1 Å². The predicted octanol–water partition coefficient (Wildman–Crippen LogP) is 2.59. The van der Waals surface area contributed by atoms with Gasteiger partial charge in [-0.2, -0.15) is 0 Å². The van der Waals surface area contributed by atoms with Crippen molar-refractivity contribution in [1.29, 1.82) is 0 Å². The van der Waals surface area contributed by atoms with Gasteiger partial charge in [0.05, 0.1) is 6.10 Å². The molecule has 0 saturated carbocycles. The van der Waals surface area contributed by atoms with Gasteiger partial charge in [-0.15, -0.1) is 0 Å². The summed E-state index contributed by atoms with van der Waals surface area (Å²) in [4.78, 5) is 148. The Bertz CT molecular complexity index is 3230. The Morgan fingerprint density at radius 2 is 1.39 bits per heavy atom. The van der Waals surface area contributed by atoms with Crippen molar-refractivity contribution in [2.75, 3.05) is 23.8 Å². The van der Waals surface area contributed by atoms with Crippen molar-refractivity contribution >= 4 is 113 Å². The predicted molar refractivity (Wildman–Crippen MR) is 342 cm³/mol. The topological polar surface area (TPSA) is 383 Å². The first-order chi connectivity index (χ1) is 42.4. The van der Waals surface area contributed by atoms with Gasteiger partial charge < -0.3 is 73.5 Å². The number of nitrogens with one attached hydrogen (secondary N) is 10. The number of phenols is 1. The fraction of sp³-hybridized carbons (Fsp3) is 0.417. The molecule has 6 rings (SSSR count). The lowest BCUT2D eigenvalue weighted by Gasteiger charge is -2.29. The number of amides is 10. The minimum atomic E-state index is -1.79. The third-order valence-electron chi connectivity index (χ3n) is 13.5. The van der Waals surface area contributed by atoms with Crippen LogP contribution in [0.5, 0.6) is 5.75 Å². The molecule has 0 unspecified atom stereocenters. The second-order valence-corrected chi connectivity index (χ2v) is 26.8. The van der Waals surface area contributed by atoms with Crippen LogP contribution in [0, 0.1) is 0 Å². The molecule has 478 valence electrons. The number of alkyl carbamates (subject to hydrolysis) is 1. The van der Waals surface area contributed by atoms with Crippen LogP contribution in [0.25, 0.3) is 10.9 Å². The fourth-order valence-corrected chi connectivity index (χ4v) is 13.4. The summed E-state index contributed by atoms with van der Waals surface area (Å²) < 4.78 is 5.35. The molecule has 9 atom stereocenters. The third kappa shape index (κ3) is 23.5. The van der Waals surface area contributed by atoms with E-state index in [0.717, 1.165) is 21.6 Å². The van der Waals surface area contributed by atoms with Crippen molar-refractivity contribution in [2.24, 2.45) is 5.73 Å². The first-order valence-electron chi connectivity index (χ1n) is 28.6. The number of para-hydroxylation sites is 1. The number of aliphatic hydroxyl groups is 1. The van der Waals surface area contributed by atoms with Gasteiger partial charge in [0.25, 0.3) is 0 Å². The maximum Gasteiger partial charge on any atom is 0.407 e. The monoisotopic (exact) mass is 1300 g/mol. The SMILES string of the molecule is CC(=O)N[C@H](Cc1ccccc1)C(=O)N[C@H]1CSSC[C@@H](C(=O)N[C@H](CSSc2ccccn2)C(N)=O)NC(=O)[C@H]([C@@H](C)O)NC(=O)[C@H](CCCCNC(=O)OC(C)(C)C)NC(=O)[C@@H](Cc2c[nH]c3ccccc23)NC(=O)[C@H](Cc2ccc(O)cc2)NC1=O. The van der Waals surface area contributed by atoms with E-state index in [9.17, 15) is 48.6 Å². The lowest BCUT2D eigenvalue weighted by atomic mass is 10.0. The van der Waals surface area contributed by atoms with E-state index < -0.39 is 119 Å². The lowest BCUT2D eigenvalue weighted by molar-refractivity contribution is -0.136. The Hall–Kier alpha value is -7.99. The second-order valence-electron chi connectivity index (χ2n) is 21.9. The molecule has 0 aliphatic carbocycles. The van der Waals surface area contributed by atoms with E-state index in [4.69, 9.17) is 10.5 Å². The van der Waals surface area contributed by atoms with Crippen LogP contribution in [0.4, 0.5) is 4.79 Å². The summed E-state index contributed by atoms with van der Waals surface area (Å²) in [6.45, 7) is 7.64. The molecule has 0 bridgehead atoms. The zero-order chi connectivity index (χ0) is 64.6. The number of rotatable bonds is 22. The molecular formula is C60H76N12O13S4. The number of aromatic nitrogens is 2. The van der Waals surface area contributed by atoms with Crippen molar-refractivity contribution in [2.45, 2.75) is 138 Å². The highest BCUT2D eigenvalue weighted by Crippen LogP contribution is 2.30. The Kier molecular flexibility index (Phi) is 27.3. The van der Waals surface area contributed by atoms with Crippen LogP contribution in [0.15, 0.2) is 114 Å². The number of aliphatic hydroxyl groups excluding tert-OH is 1. The Morgan fingerprint density at radius 3 is 2.07 bits per heavy atom. The summed E-state index contributed by atoms with van der Waals surface area (Å²) in [7, 11) is 4.30. The van der Waals surface area contributed by atoms with Gasteiger partial charge in [0.2, 0.25) is 53.2 Å². The van der Waals surface area contributed by atoms with Crippen LogP contribution in [-0.2, 0) is 67.2 Å². The van der Waals surface area contributed by atoms with Crippen molar-refractivity contribution in [3.8, 4) is 5.75 Å². The first kappa shape index (κ1) is 70.1. The van der Waals surface area contributed by atoms with Gasteiger partial charge in [-0.05, 0) is 105 Å². The molecule has 1 aliphatic heterocycles. The highest BCUT2D eigenvalue weighted by molar-refractivity contribution is 8.77. The van der Waals surface area contributed by atoms with E-state index in [1.165, 1.54) is 59.7 Å². The third-order valence-corrected chi connectivity index (χ3v) is 18.2. The molecule has 2 aromatic heterocycles. The normalized spacial score (nSPS) is 20.1. The number of ether oxygens (including phenoxy) is 1. The number of carbonyl (C=O) groups is 10. The number of benzene rings is 3. The molecule has 5 aromatic rings. The summed E-state index contributed by atoms with van der Waals surface area (Å²) in [5.74, 6) is -8.56. The highest BCUT2D eigenvalue weighted by Gasteiger charge is 2.37. The number of hydrogen-bond acceptors (Lipinski definition) is 18. The van der Waals surface area contributed by atoms with Crippen molar-refractivity contribution in [1.82, 2.24) is 57.8 Å². The second kappa shape index (κ2) is 34.7. The highest BCUT2D eigenvalue weighted by atomic mass is 33.1. The molecular weight excluding hydrogens is 1220 g/mol. The van der Waals surface area contributed by atoms with E-state index in [1.54, 1.807) is 99.9 Å². The van der Waals surface area contributed by atoms with Gasteiger partial charge in [-0.3, -0.25) is 43.2 Å². The minimum absolute atomic E-state index is 0.0114. The number of aromatic amines is 1. The molecule has 10 amide bonds. The van der Waals surface area contributed by atoms with Gasteiger partial charge in [-0.1, -0.05) is 99.1 Å². The molecule has 29 heteroatoms. The number of pyridine rings is 1. The molecule has 14 N–H and O–H groups in total.